The normalized spacial score (nSPS) is 9.80. The van der Waals surface area contributed by atoms with Crippen molar-refractivity contribution < 1.29 is 18.8 Å². The number of nitro groups is 1. The van der Waals surface area contributed by atoms with E-state index in [9.17, 15) is 19.3 Å². The van der Waals surface area contributed by atoms with Crippen molar-refractivity contribution in [2.24, 2.45) is 0 Å². The molecule has 0 unspecified atom stereocenters. The van der Waals surface area contributed by atoms with Crippen molar-refractivity contribution in [3.63, 3.8) is 0 Å². The van der Waals surface area contributed by atoms with Crippen molar-refractivity contribution >= 4 is 22.5 Å². The Balaban J connectivity index is 3.49. The average molecular weight is 234 g/mol. The molecule has 5 nitrogen and oxygen atoms in total. The predicted molar refractivity (Wildman–Crippen MR) is 49.8 cm³/mol. The first kappa shape index (κ1) is 11.4. The lowest BCUT2D eigenvalue weighted by Crippen LogP contribution is -2.03. The quantitative estimate of drug-likeness (QED) is 0.456. The predicted octanol–water partition coefficient (Wildman–Crippen LogP) is 2.12. The molecule has 0 N–H and O–H groups in total. The third-order valence-corrected chi connectivity index (χ3v) is 1.89. The molecule has 0 aromatic heterocycles. The van der Waals surface area contributed by atoms with Crippen LogP contribution in [-0.4, -0.2) is 17.3 Å². The molecule has 0 bridgehead atoms. The van der Waals surface area contributed by atoms with Crippen LogP contribution in [0.2, 0.25) is 0 Å². The highest BCUT2D eigenvalue weighted by atomic mass is 35.5. The molecule has 1 aromatic carbocycles. The van der Waals surface area contributed by atoms with Gasteiger partial charge in [0, 0.05) is 6.07 Å². The van der Waals surface area contributed by atoms with Crippen LogP contribution in [0.4, 0.5) is 10.1 Å². The summed E-state index contributed by atoms with van der Waals surface area (Å²) in [5.41, 5.74) is -1.45. The van der Waals surface area contributed by atoms with E-state index >= 15 is 0 Å². The highest BCUT2D eigenvalue weighted by Gasteiger charge is 2.25. The maximum atomic E-state index is 13.4. The minimum atomic E-state index is -1.29. The van der Waals surface area contributed by atoms with Crippen molar-refractivity contribution in [2.45, 2.75) is 0 Å². The number of ether oxygens (including phenoxy) is 1. The Hall–Kier alpha value is -1.69. The Kier molecular flexibility index (Phi) is 3.21. The summed E-state index contributed by atoms with van der Waals surface area (Å²) in [6, 6.07) is 2.01. The Morgan fingerprint density at radius 3 is 2.60 bits per heavy atom. The summed E-state index contributed by atoms with van der Waals surface area (Å²) < 4.78 is 18.0. The third kappa shape index (κ3) is 2.04. The fraction of sp³-hybridized carbons (Fsp3) is 0.125. The van der Waals surface area contributed by atoms with Gasteiger partial charge < -0.3 is 4.74 Å². The summed E-state index contributed by atoms with van der Waals surface area (Å²) in [5, 5.41) is 9.22. The third-order valence-electron chi connectivity index (χ3n) is 1.70. The average Bonchev–Trinajstić information content (AvgIpc) is 2.15. The highest BCUT2D eigenvalue weighted by molar-refractivity contribution is 6.68. The van der Waals surface area contributed by atoms with Crippen LogP contribution >= 0.6 is 11.6 Å². The van der Waals surface area contributed by atoms with Gasteiger partial charge in [0.15, 0.2) is 0 Å². The van der Waals surface area contributed by atoms with E-state index in [2.05, 4.69) is 4.74 Å². The molecule has 7 heteroatoms. The van der Waals surface area contributed by atoms with Crippen LogP contribution in [0.3, 0.4) is 0 Å². The van der Waals surface area contributed by atoms with Gasteiger partial charge >= 0.3 is 5.69 Å². The summed E-state index contributed by atoms with van der Waals surface area (Å²) in [5.74, 6) is -1.43. The van der Waals surface area contributed by atoms with E-state index in [0.29, 0.717) is 0 Å². The van der Waals surface area contributed by atoms with Gasteiger partial charge in [-0.15, -0.1) is 0 Å². The zero-order valence-corrected chi connectivity index (χ0v) is 8.25. The molecule has 1 aromatic rings. The summed E-state index contributed by atoms with van der Waals surface area (Å²) in [6.07, 6.45) is 0. The topological polar surface area (TPSA) is 69.4 Å². The van der Waals surface area contributed by atoms with Crippen molar-refractivity contribution in [3.8, 4) is 5.75 Å². The van der Waals surface area contributed by atoms with Crippen LogP contribution in [0.1, 0.15) is 10.4 Å². The standard InChI is InChI=1S/C8H5ClFNO4/c1-15-5-3-2-4(11(13)14)7(10)6(5)8(9)12/h2-3H,1H3. The second kappa shape index (κ2) is 4.22. The van der Waals surface area contributed by atoms with E-state index in [-0.39, 0.29) is 5.75 Å². The van der Waals surface area contributed by atoms with Gasteiger partial charge in [0.1, 0.15) is 11.3 Å². The number of carbonyl (C=O) groups is 1. The van der Waals surface area contributed by atoms with Gasteiger partial charge in [-0.1, -0.05) is 0 Å². The molecule has 0 radical (unpaired) electrons. The molecule has 0 aliphatic carbocycles. The van der Waals surface area contributed by atoms with Gasteiger partial charge in [-0.25, -0.2) is 0 Å². The fourth-order valence-corrected chi connectivity index (χ4v) is 1.22. The molecular formula is C8H5ClFNO4. The smallest absolute Gasteiger partial charge is 0.305 e. The van der Waals surface area contributed by atoms with Crippen LogP contribution in [0.15, 0.2) is 12.1 Å². The molecule has 0 aliphatic heterocycles. The largest absolute Gasteiger partial charge is 0.496 e. The molecule has 0 saturated heterocycles. The van der Waals surface area contributed by atoms with Crippen molar-refractivity contribution in [1.82, 2.24) is 0 Å². The zero-order chi connectivity index (χ0) is 11.6. The Morgan fingerprint density at radius 2 is 2.20 bits per heavy atom. The molecule has 1 rings (SSSR count). The monoisotopic (exact) mass is 233 g/mol. The molecule has 80 valence electrons. The van der Waals surface area contributed by atoms with Crippen molar-refractivity contribution in [3.05, 3.63) is 33.6 Å². The molecule has 0 spiro atoms. The first-order chi connectivity index (χ1) is 6.99. The lowest BCUT2D eigenvalue weighted by molar-refractivity contribution is -0.387. The van der Waals surface area contributed by atoms with Crippen LogP contribution in [0.25, 0.3) is 0 Å². The second-order valence-corrected chi connectivity index (χ2v) is 2.85. The SMILES string of the molecule is COc1ccc([N+](=O)[O-])c(F)c1C(=O)Cl. The Morgan fingerprint density at radius 1 is 1.60 bits per heavy atom. The molecule has 0 aliphatic rings. The van der Waals surface area contributed by atoms with E-state index in [1.807, 2.05) is 0 Å². The van der Waals surface area contributed by atoms with E-state index < -0.39 is 27.2 Å². The first-order valence-corrected chi connectivity index (χ1v) is 4.07. The summed E-state index contributed by atoms with van der Waals surface area (Å²) in [7, 11) is 1.20. The van der Waals surface area contributed by atoms with Gasteiger partial charge in [-0.05, 0) is 17.7 Å². The number of hydrogen-bond donors (Lipinski definition) is 0. The van der Waals surface area contributed by atoms with E-state index in [0.717, 1.165) is 12.1 Å². The van der Waals surface area contributed by atoms with Crippen LogP contribution < -0.4 is 4.74 Å². The second-order valence-electron chi connectivity index (χ2n) is 2.51. The summed E-state index contributed by atoms with van der Waals surface area (Å²) in [4.78, 5) is 20.3. The lowest BCUT2D eigenvalue weighted by atomic mass is 10.2. The van der Waals surface area contributed by atoms with E-state index in [1.165, 1.54) is 7.11 Å². The molecule has 0 fully saturated rings. The van der Waals surface area contributed by atoms with Gasteiger partial charge in [-0.2, -0.15) is 4.39 Å². The molecule has 0 heterocycles. The molecule has 15 heavy (non-hydrogen) atoms. The van der Waals surface area contributed by atoms with Crippen LogP contribution in [0.5, 0.6) is 5.75 Å². The number of carbonyl (C=O) groups excluding carboxylic acids is 1. The lowest BCUT2D eigenvalue weighted by Gasteiger charge is -2.05. The van der Waals surface area contributed by atoms with Gasteiger partial charge in [-0.3, -0.25) is 14.9 Å². The number of nitro benzene ring substituents is 1. The number of benzene rings is 1. The minimum absolute atomic E-state index is 0.141. The van der Waals surface area contributed by atoms with Crippen LogP contribution in [0, 0.1) is 15.9 Å². The number of rotatable bonds is 3. The van der Waals surface area contributed by atoms with Gasteiger partial charge in [0.05, 0.1) is 12.0 Å². The number of nitrogens with zero attached hydrogens (tertiary/aromatic N) is 1. The van der Waals surface area contributed by atoms with Crippen molar-refractivity contribution in [2.75, 3.05) is 7.11 Å². The Labute approximate surface area is 88.6 Å². The molecule has 0 atom stereocenters. The fourth-order valence-electron chi connectivity index (χ4n) is 1.04. The highest BCUT2D eigenvalue weighted by Crippen LogP contribution is 2.29. The molecule has 0 saturated carbocycles. The maximum absolute atomic E-state index is 13.4. The van der Waals surface area contributed by atoms with E-state index in [1.54, 1.807) is 0 Å². The number of hydrogen-bond acceptors (Lipinski definition) is 4. The summed E-state index contributed by atoms with van der Waals surface area (Å²) in [6.45, 7) is 0. The first-order valence-electron chi connectivity index (χ1n) is 3.69. The van der Waals surface area contributed by atoms with Gasteiger partial charge in [0.2, 0.25) is 5.82 Å². The number of halogens is 2. The molecule has 0 amide bonds. The summed E-state index contributed by atoms with van der Waals surface area (Å²) >= 11 is 5.09. The molecular weight excluding hydrogens is 229 g/mol. The van der Waals surface area contributed by atoms with Crippen molar-refractivity contribution in [1.29, 1.82) is 0 Å². The van der Waals surface area contributed by atoms with Gasteiger partial charge in [0.25, 0.3) is 5.24 Å². The maximum Gasteiger partial charge on any atom is 0.305 e. The minimum Gasteiger partial charge on any atom is -0.496 e. The number of methoxy groups -OCH3 is 1. The van der Waals surface area contributed by atoms with E-state index in [4.69, 9.17) is 11.6 Å². The van der Waals surface area contributed by atoms with Crippen LogP contribution in [-0.2, 0) is 0 Å². The zero-order valence-electron chi connectivity index (χ0n) is 7.49. The Bertz CT molecular complexity index is 435.